The second-order valence-electron chi connectivity index (χ2n) is 4.25. The minimum absolute atomic E-state index is 0.00622. The van der Waals surface area contributed by atoms with Gasteiger partial charge in [-0.15, -0.1) is 0 Å². The van der Waals surface area contributed by atoms with E-state index >= 15 is 0 Å². The van der Waals surface area contributed by atoms with Gasteiger partial charge in [0.2, 0.25) is 5.91 Å². The summed E-state index contributed by atoms with van der Waals surface area (Å²) in [6, 6.07) is 7.55. The molecule has 4 nitrogen and oxygen atoms in total. The maximum absolute atomic E-state index is 11.7. The summed E-state index contributed by atoms with van der Waals surface area (Å²) < 4.78 is 5.17. The van der Waals surface area contributed by atoms with E-state index in [1.54, 1.807) is 0 Å². The molecule has 1 aliphatic rings. The van der Waals surface area contributed by atoms with Crippen LogP contribution >= 0.6 is 0 Å². The molecule has 2 N–H and O–H groups in total. The number of aliphatic hydroxyl groups excluding tert-OH is 1. The Morgan fingerprint density at radius 3 is 2.65 bits per heavy atom. The van der Waals surface area contributed by atoms with Gasteiger partial charge in [0.15, 0.2) is 0 Å². The molecule has 1 heterocycles. The lowest BCUT2D eigenvalue weighted by Crippen LogP contribution is -2.30. The smallest absolute Gasteiger partial charge is 0.225 e. The summed E-state index contributed by atoms with van der Waals surface area (Å²) in [6.45, 7) is 1.80. The first-order valence-corrected chi connectivity index (χ1v) is 5.83. The highest BCUT2D eigenvalue weighted by atomic mass is 16.5. The van der Waals surface area contributed by atoms with E-state index in [1.807, 2.05) is 24.3 Å². The predicted octanol–water partition coefficient (Wildman–Crippen LogP) is 0.832. The molecule has 17 heavy (non-hydrogen) atoms. The van der Waals surface area contributed by atoms with Gasteiger partial charge in [-0.3, -0.25) is 4.79 Å². The van der Waals surface area contributed by atoms with Crippen molar-refractivity contribution in [3.05, 3.63) is 35.4 Å². The van der Waals surface area contributed by atoms with E-state index in [1.165, 1.54) is 0 Å². The molecule has 0 aromatic heterocycles. The van der Waals surface area contributed by atoms with E-state index in [0.29, 0.717) is 19.8 Å². The average Bonchev–Trinajstić information content (AvgIpc) is 2.90. The third-order valence-electron chi connectivity index (χ3n) is 2.97. The summed E-state index contributed by atoms with van der Waals surface area (Å²) in [6.07, 6.45) is 0.815. The third kappa shape index (κ3) is 3.28. The fraction of sp³-hybridized carbons (Fsp3) is 0.462. The number of carbonyl (C=O) groups is 1. The lowest BCUT2D eigenvalue weighted by atomic mass is 10.1. The molecule has 1 aromatic rings. The monoisotopic (exact) mass is 235 g/mol. The number of amides is 1. The molecule has 0 radical (unpaired) electrons. The van der Waals surface area contributed by atoms with E-state index < -0.39 is 0 Å². The van der Waals surface area contributed by atoms with Crippen LogP contribution in [0.1, 0.15) is 17.5 Å². The van der Waals surface area contributed by atoms with Gasteiger partial charge in [0, 0.05) is 13.2 Å². The highest BCUT2D eigenvalue weighted by molar-refractivity contribution is 5.78. The number of ether oxygens (including phenoxy) is 1. The standard InChI is InChI=1S/C13H17NO3/c15-8-11-3-1-10(2-4-11)7-14-13(16)12-5-6-17-9-12/h1-4,12,15H,5-9H2,(H,14,16). The molecule has 1 aliphatic heterocycles. The zero-order chi connectivity index (χ0) is 12.1. The molecular weight excluding hydrogens is 218 g/mol. The minimum Gasteiger partial charge on any atom is -0.392 e. The number of hydrogen-bond donors (Lipinski definition) is 2. The maximum Gasteiger partial charge on any atom is 0.225 e. The maximum atomic E-state index is 11.7. The number of carbonyl (C=O) groups excluding carboxylic acids is 1. The van der Waals surface area contributed by atoms with Gasteiger partial charge in [-0.25, -0.2) is 0 Å². The summed E-state index contributed by atoms with van der Waals surface area (Å²) >= 11 is 0. The summed E-state index contributed by atoms with van der Waals surface area (Å²) in [4.78, 5) is 11.7. The lowest BCUT2D eigenvalue weighted by Gasteiger charge is -2.09. The SMILES string of the molecule is O=C(NCc1ccc(CO)cc1)C1CCOC1. The first-order chi connectivity index (χ1) is 8.29. The fourth-order valence-corrected chi connectivity index (χ4v) is 1.84. The van der Waals surface area contributed by atoms with Crippen LogP contribution in [-0.4, -0.2) is 24.2 Å². The van der Waals surface area contributed by atoms with Crippen LogP contribution in [-0.2, 0) is 22.7 Å². The highest BCUT2D eigenvalue weighted by Gasteiger charge is 2.22. The van der Waals surface area contributed by atoms with Crippen LogP contribution in [0.25, 0.3) is 0 Å². The predicted molar refractivity (Wildman–Crippen MR) is 63.1 cm³/mol. The van der Waals surface area contributed by atoms with Gasteiger partial charge in [-0.05, 0) is 17.5 Å². The van der Waals surface area contributed by atoms with Crippen LogP contribution in [0, 0.1) is 5.92 Å². The first kappa shape index (κ1) is 12.1. The van der Waals surface area contributed by atoms with Crippen LogP contribution in [0.4, 0.5) is 0 Å². The van der Waals surface area contributed by atoms with Crippen molar-refractivity contribution in [2.45, 2.75) is 19.6 Å². The van der Waals surface area contributed by atoms with Crippen LogP contribution in [0.2, 0.25) is 0 Å². The largest absolute Gasteiger partial charge is 0.392 e. The Hall–Kier alpha value is -1.39. The summed E-state index contributed by atoms with van der Waals surface area (Å²) in [5, 5.41) is 11.8. The molecule has 0 bridgehead atoms. The number of nitrogens with one attached hydrogen (secondary N) is 1. The molecule has 0 spiro atoms. The van der Waals surface area contributed by atoms with Gasteiger partial charge in [0.1, 0.15) is 0 Å². The lowest BCUT2D eigenvalue weighted by molar-refractivity contribution is -0.125. The van der Waals surface area contributed by atoms with E-state index in [2.05, 4.69) is 5.32 Å². The van der Waals surface area contributed by atoms with Gasteiger partial charge in [-0.1, -0.05) is 24.3 Å². The number of rotatable bonds is 4. The number of benzene rings is 1. The molecule has 4 heteroatoms. The fourth-order valence-electron chi connectivity index (χ4n) is 1.84. The molecule has 1 aromatic carbocycles. The van der Waals surface area contributed by atoms with Crippen molar-refractivity contribution in [1.82, 2.24) is 5.32 Å². The first-order valence-electron chi connectivity index (χ1n) is 5.83. The van der Waals surface area contributed by atoms with Crippen molar-refractivity contribution >= 4 is 5.91 Å². The molecule has 2 rings (SSSR count). The summed E-state index contributed by atoms with van der Waals surface area (Å²) in [5.74, 6) is 0.0699. The molecule has 92 valence electrons. The van der Waals surface area contributed by atoms with E-state index in [4.69, 9.17) is 9.84 Å². The van der Waals surface area contributed by atoms with Crippen LogP contribution in [0.15, 0.2) is 24.3 Å². The number of aliphatic hydroxyl groups is 1. The normalized spacial score (nSPS) is 19.2. The van der Waals surface area contributed by atoms with Gasteiger partial charge >= 0.3 is 0 Å². The summed E-state index contributed by atoms with van der Waals surface area (Å²) in [7, 11) is 0. The summed E-state index contributed by atoms with van der Waals surface area (Å²) in [5.41, 5.74) is 1.92. The molecular formula is C13H17NO3. The second kappa shape index (κ2) is 5.80. The van der Waals surface area contributed by atoms with Gasteiger partial charge < -0.3 is 15.2 Å². The Morgan fingerprint density at radius 2 is 2.06 bits per heavy atom. The van der Waals surface area contributed by atoms with E-state index in [0.717, 1.165) is 17.5 Å². The molecule has 1 saturated heterocycles. The Labute approximate surface area is 101 Å². The van der Waals surface area contributed by atoms with Gasteiger partial charge in [0.25, 0.3) is 0 Å². The van der Waals surface area contributed by atoms with Crippen LogP contribution < -0.4 is 5.32 Å². The average molecular weight is 235 g/mol. The molecule has 1 fully saturated rings. The van der Waals surface area contributed by atoms with E-state index in [-0.39, 0.29) is 18.4 Å². The molecule has 0 aliphatic carbocycles. The minimum atomic E-state index is 0.00622. The zero-order valence-electron chi connectivity index (χ0n) is 9.69. The Kier molecular flexibility index (Phi) is 4.12. The van der Waals surface area contributed by atoms with Crippen molar-refractivity contribution in [3.8, 4) is 0 Å². The van der Waals surface area contributed by atoms with Gasteiger partial charge in [0.05, 0.1) is 19.1 Å². The second-order valence-corrected chi connectivity index (χ2v) is 4.25. The Bertz CT molecular complexity index is 369. The van der Waals surface area contributed by atoms with Crippen LogP contribution in [0.5, 0.6) is 0 Å². The molecule has 0 saturated carbocycles. The molecule has 1 amide bonds. The Balaban J connectivity index is 1.82. The van der Waals surface area contributed by atoms with Crippen LogP contribution in [0.3, 0.4) is 0 Å². The highest BCUT2D eigenvalue weighted by Crippen LogP contribution is 2.12. The third-order valence-corrected chi connectivity index (χ3v) is 2.97. The van der Waals surface area contributed by atoms with Crippen molar-refractivity contribution in [1.29, 1.82) is 0 Å². The molecule has 1 atom stereocenters. The van der Waals surface area contributed by atoms with Crippen molar-refractivity contribution in [2.24, 2.45) is 5.92 Å². The number of hydrogen-bond acceptors (Lipinski definition) is 3. The topological polar surface area (TPSA) is 58.6 Å². The quantitative estimate of drug-likeness (QED) is 0.812. The molecule has 1 unspecified atom stereocenters. The van der Waals surface area contributed by atoms with Crippen molar-refractivity contribution < 1.29 is 14.6 Å². The van der Waals surface area contributed by atoms with Crippen molar-refractivity contribution in [3.63, 3.8) is 0 Å². The van der Waals surface area contributed by atoms with Gasteiger partial charge in [-0.2, -0.15) is 0 Å². The van der Waals surface area contributed by atoms with Crippen molar-refractivity contribution in [2.75, 3.05) is 13.2 Å². The zero-order valence-corrected chi connectivity index (χ0v) is 9.69. The van der Waals surface area contributed by atoms with E-state index in [9.17, 15) is 4.79 Å². The Morgan fingerprint density at radius 1 is 1.35 bits per heavy atom.